The number of carbonyl (C=O) groups excluding carboxylic acids is 2. The Balaban J connectivity index is 1.08. The molecule has 2 aliphatic heterocycles. The lowest BCUT2D eigenvalue weighted by Gasteiger charge is -2.28. The summed E-state index contributed by atoms with van der Waals surface area (Å²) in [7, 11) is 1.97. The average molecular weight is 543 g/mol. The summed E-state index contributed by atoms with van der Waals surface area (Å²) in [5.41, 5.74) is 3.96. The highest BCUT2D eigenvalue weighted by Gasteiger charge is 2.29. The van der Waals surface area contributed by atoms with Gasteiger partial charge in [-0.15, -0.1) is 0 Å². The first-order valence-corrected chi connectivity index (χ1v) is 14.2. The number of piperidine rings is 1. The van der Waals surface area contributed by atoms with Crippen LogP contribution in [0, 0.1) is 0 Å². The quantitative estimate of drug-likeness (QED) is 0.265. The van der Waals surface area contributed by atoms with Crippen LogP contribution in [0.1, 0.15) is 30.7 Å². The van der Waals surface area contributed by atoms with E-state index in [1.54, 1.807) is 0 Å². The summed E-state index contributed by atoms with van der Waals surface area (Å²) in [4.78, 5) is 32.1. The molecule has 3 aromatic carbocycles. The maximum atomic E-state index is 11.8. The van der Waals surface area contributed by atoms with Gasteiger partial charge in [-0.05, 0) is 73.4 Å². The first kappa shape index (κ1) is 25.3. The third-order valence-electron chi connectivity index (χ3n) is 7.21. The second kappa shape index (κ2) is 11.0. The number of fused-ring (bicyclic) bond motifs is 1. The number of rotatable bonds is 8. The van der Waals surface area contributed by atoms with Crippen LogP contribution in [-0.2, 0) is 25.0 Å². The molecule has 2 aliphatic rings. The van der Waals surface area contributed by atoms with Crippen LogP contribution < -0.4 is 14.4 Å². The molecule has 0 saturated carbocycles. The summed E-state index contributed by atoms with van der Waals surface area (Å²) in [6.07, 6.45) is 3.83. The molecule has 4 aromatic rings. The molecule has 0 radical (unpaired) electrons. The Morgan fingerprint density at radius 1 is 0.872 bits per heavy atom. The van der Waals surface area contributed by atoms with Crippen LogP contribution in [0.25, 0.3) is 11.0 Å². The number of thioether (sulfide) groups is 1. The lowest BCUT2D eigenvalue weighted by molar-refractivity contribution is -0.125. The first-order valence-electron chi connectivity index (χ1n) is 13.2. The molecule has 200 valence electrons. The Kier molecular flexibility index (Phi) is 7.15. The molecule has 9 heteroatoms. The summed E-state index contributed by atoms with van der Waals surface area (Å²) in [5, 5.41) is -0.193. The van der Waals surface area contributed by atoms with E-state index < -0.39 is 0 Å². The number of nitrogens with zero attached hydrogens (tertiary/aromatic N) is 4. The summed E-state index contributed by atoms with van der Waals surface area (Å²) in [5.74, 6) is 3.12. The number of carbonyl (C=O) groups is 2. The second-order valence-electron chi connectivity index (χ2n) is 9.85. The number of imide groups is 1. The highest BCUT2D eigenvalue weighted by Crippen LogP contribution is 2.29. The van der Waals surface area contributed by atoms with Crippen LogP contribution in [-0.4, -0.2) is 44.4 Å². The van der Waals surface area contributed by atoms with Gasteiger partial charge in [-0.25, -0.2) is 4.98 Å². The number of hydrogen-bond acceptors (Lipinski definition) is 7. The molecule has 0 bridgehead atoms. The molecule has 0 aliphatic carbocycles. The number of ether oxygens (including phenoxy) is 2. The Labute approximate surface area is 231 Å². The van der Waals surface area contributed by atoms with E-state index in [1.165, 1.54) is 29.8 Å². The summed E-state index contributed by atoms with van der Waals surface area (Å²) >= 11 is 1.04. The van der Waals surface area contributed by atoms with Crippen molar-refractivity contribution in [1.29, 1.82) is 0 Å². The molecule has 2 saturated heterocycles. The standard InChI is InChI=1S/C30H30N4O4S/c1-32-27-17-25(38-24-11-7-22(8-12-24)33-15-3-2-4-16-33)13-14-26(27)31-28(32)19-37-23-9-5-21(6-10-23)18-34-29(35)20-39-30(34)36/h5-14,17H,2-4,15-16,18-20H2,1H3. The fraction of sp³-hybridized carbons (Fsp3) is 0.300. The van der Waals surface area contributed by atoms with Gasteiger partial charge in [0.05, 0.1) is 23.3 Å². The van der Waals surface area contributed by atoms with Crippen LogP contribution in [0.4, 0.5) is 10.5 Å². The second-order valence-corrected chi connectivity index (χ2v) is 10.8. The van der Waals surface area contributed by atoms with E-state index >= 15 is 0 Å². The van der Waals surface area contributed by atoms with E-state index in [2.05, 4.69) is 17.0 Å². The van der Waals surface area contributed by atoms with E-state index in [1.807, 2.05) is 66.2 Å². The zero-order valence-corrected chi connectivity index (χ0v) is 22.7. The van der Waals surface area contributed by atoms with Gasteiger partial charge in [0.15, 0.2) is 0 Å². The van der Waals surface area contributed by atoms with Crippen LogP contribution >= 0.6 is 11.8 Å². The zero-order valence-electron chi connectivity index (χ0n) is 21.8. The number of aryl methyl sites for hydroxylation is 1. The van der Waals surface area contributed by atoms with Crippen LogP contribution in [0.3, 0.4) is 0 Å². The molecule has 0 unspecified atom stereocenters. The number of aromatic nitrogens is 2. The lowest BCUT2D eigenvalue weighted by atomic mass is 10.1. The van der Waals surface area contributed by atoms with Gasteiger partial charge in [0.2, 0.25) is 5.91 Å². The number of amides is 2. The summed E-state index contributed by atoms with van der Waals surface area (Å²) < 4.78 is 14.2. The van der Waals surface area contributed by atoms with Gasteiger partial charge < -0.3 is 18.9 Å². The van der Waals surface area contributed by atoms with Crippen LogP contribution in [0.2, 0.25) is 0 Å². The lowest BCUT2D eigenvalue weighted by Crippen LogP contribution is -2.29. The molecular weight excluding hydrogens is 512 g/mol. The Morgan fingerprint density at radius 2 is 1.59 bits per heavy atom. The minimum absolute atomic E-state index is 0.147. The normalized spacial score (nSPS) is 15.8. The predicted molar refractivity (Wildman–Crippen MR) is 152 cm³/mol. The zero-order chi connectivity index (χ0) is 26.8. The molecule has 2 amide bonds. The Hall–Kier alpha value is -3.98. The topological polar surface area (TPSA) is 76.9 Å². The van der Waals surface area contributed by atoms with E-state index in [0.717, 1.165) is 58.8 Å². The molecule has 0 spiro atoms. The summed E-state index contributed by atoms with van der Waals surface area (Å²) in [6, 6.07) is 21.7. The first-order chi connectivity index (χ1) is 19.0. The van der Waals surface area contributed by atoms with E-state index in [0.29, 0.717) is 12.4 Å². The van der Waals surface area contributed by atoms with Gasteiger partial charge in [0.1, 0.15) is 29.7 Å². The minimum Gasteiger partial charge on any atom is -0.486 e. The minimum atomic E-state index is -0.193. The van der Waals surface area contributed by atoms with Crippen LogP contribution in [0.15, 0.2) is 66.7 Å². The van der Waals surface area contributed by atoms with Crippen molar-refractivity contribution in [1.82, 2.24) is 14.5 Å². The molecule has 6 rings (SSSR count). The van der Waals surface area contributed by atoms with Gasteiger partial charge >= 0.3 is 0 Å². The van der Waals surface area contributed by atoms with Gasteiger partial charge in [-0.3, -0.25) is 14.5 Å². The molecule has 8 nitrogen and oxygen atoms in total. The van der Waals surface area contributed by atoms with Crippen molar-refractivity contribution in [2.75, 3.05) is 23.7 Å². The van der Waals surface area contributed by atoms with Crippen molar-refractivity contribution in [3.63, 3.8) is 0 Å². The van der Waals surface area contributed by atoms with Crippen molar-refractivity contribution in [2.45, 2.75) is 32.4 Å². The molecular formula is C30H30N4O4S. The highest BCUT2D eigenvalue weighted by atomic mass is 32.2. The van der Waals surface area contributed by atoms with Crippen molar-refractivity contribution in [3.8, 4) is 17.2 Å². The average Bonchev–Trinajstić information content (AvgIpc) is 3.46. The number of anilines is 1. The van der Waals surface area contributed by atoms with Crippen LogP contribution in [0.5, 0.6) is 17.2 Å². The third kappa shape index (κ3) is 5.59. The largest absolute Gasteiger partial charge is 0.486 e. The van der Waals surface area contributed by atoms with E-state index in [9.17, 15) is 9.59 Å². The molecule has 0 atom stereocenters. The van der Waals surface area contributed by atoms with Gasteiger partial charge in [0, 0.05) is 31.9 Å². The van der Waals surface area contributed by atoms with Gasteiger partial charge in [-0.2, -0.15) is 0 Å². The monoisotopic (exact) mass is 542 g/mol. The van der Waals surface area contributed by atoms with Gasteiger partial charge in [0.25, 0.3) is 5.24 Å². The van der Waals surface area contributed by atoms with Gasteiger partial charge in [-0.1, -0.05) is 23.9 Å². The Bertz CT molecular complexity index is 1480. The third-order valence-corrected chi connectivity index (χ3v) is 8.07. The number of hydrogen-bond donors (Lipinski definition) is 0. The molecule has 39 heavy (non-hydrogen) atoms. The fourth-order valence-electron chi connectivity index (χ4n) is 4.98. The fourth-order valence-corrected chi connectivity index (χ4v) is 5.71. The molecule has 0 N–H and O–H groups in total. The molecule has 2 fully saturated rings. The van der Waals surface area contributed by atoms with Crippen molar-refractivity contribution in [2.24, 2.45) is 7.05 Å². The SMILES string of the molecule is Cn1c(COc2ccc(CN3C(=O)CSC3=O)cc2)nc2ccc(Oc3ccc(N4CCCCC4)cc3)cc21. The smallest absolute Gasteiger partial charge is 0.289 e. The highest BCUT2D eigenvalue weighted by molar-refractivity contribution is 8.14. The summed E-state index contributed by atoms with van der Waals surface area (Å²) in [6.45, 7) is 2.83. The van der Waals surface area contributed by atoms with Crippen molar-refractivity contribution in [3.05, 3.63) is 78.1 Å². The van der Waals surface area contributed by atoms with E-state index in [-0.39, 0.29) is 23.4 Å². The predicted octanol–water partition coefficient (Wildman–Crippen LogP) is 6.13. The molecule has 1 aromatic heterocycles. The maximum absolute atomic E-state index is 11.8. The Morgan fingerprint density at radius 3 is 2.31 bits per heavy atom. The van der Waals surface area contributed by atoms with Crippen molar-refractivity contribution < 1.29 is 19.1 Å². The maximum Gasteiger partial charge on any atom is 0.289 e. The van der Waals surface area contributed by atoms with E-state index in [4.69, 9.17) is 14.5 Å². The number of imidazole rings is 1. The number of benzene rings is 3. The molecule has 3 heterocycles. The van der Waals surface area contributed by atoms with Crippen molar-refractivity contribution >= 4 is 39.6 Å².